The molecule has 4 heteroatoms. The number of carbonyl (C=O) groups is 2. The van der Waals surface area contributed by atoms with Crippen molar-refractivity contribution in [3.63, 3.8) is 0 Å². The van der Waals surface area contributed by atoms with Crippen molar-refractivity contribution in [2.24, 2.45) is 5.92 Å². The normalized spacial score (nSPS) is 18.5. The van der Waals surface area contributed by atoms with E-state index in [0.29, 0.717) is 31.7 Å². The van der Waals surface area contributed by atoms with Gasteiger partial charge in [0.15, 0.2) is 5.78 Å². The van der Waals surface area contributed by atoms with Gasteiger partial charge < -0.3 is 9.64 Å². The fraction of sp³-hybridized carbons (Fsp3) is 0.231. The highest BCUT2D eigenvalue weighted by Gasteiger charge is 2.43. The van der Waals surface area contributed by atoms with Crippen molar-refractivity contribution in [1.82, 2.24) is 4.90 Å². The lowest BCUT2D eigenvalue weighted by atomic mass is 9.95. The van der Waals surface area contributed by atoms with Crippen molar-refractivity contribution >= 4 is 11.7 Å². The molecule has 1 aliphatic rings. The number of hydrogen-bond donors (Lipinski definition) is 0. The van der Waals surface area contributed by atoms with Crippen LogP contribution < -0.4 is 0 Å². The van der Waals surface area contributed by atoms with E-state index < -0.39 is 5.92 Å². The van der Waals surface area contributed by atoms with E-state index in [2.05, 4.69) is 0 Å². The van der Waals surface area contributed by atoms with E-state index in [1.54, 1.807) is 12.1 Å². The van der Waals surface area contributed by atoms with E-state index in [1.807, 2.05) is 83.8 Å². The quantitative estimate of drug-likeness (QED) is 0.414. The van der Waals surface area contributed by atoms with E-state index in [9.17, 15) is 9.59 Å². The van der Waals surface area contributed by atoms with Crippen LogP contribution in [0.4, 0.5) is 0 Å². The minimum absolute atomic E-state index is 0.107. The average molecular weight is 399 g/mol. The number of Topliss-reactive ketones (excluding diaryl/α,β-unsaturated/α-hetero) is 1. The predicted molar refractivity (Wildman–Crippen MR) is 116 cm³/mol. The van der Waals surface area contributed by atoms with Crippen molar-refractivity contribution < 1.29 is 14.3 Å². The zero-order chi connectivity index (χ0) is 20.8. The molecule has 1 fully saturated rings. The first kappa shape index (κ1) is 20.0. The van der Waals surface area contributed by atoms with Crippen LogP contribution in [-0.4, -0.2) is 29.2 Å². The molecule has 0 spiro atoms. The zero-order valence-electron chi connectivity index (χ0n) is 16.8. The van der Waals surface area contributed by atoms with Crippen LogP contribution in [0.15, 0.2) is 91.0 Å². The third-order valence-corrected chi connectivity index (χ3v) is 5.52. The minimum atomic E-state index is -0.651. The lowest BCUT2D eigenvalue weighted by Gasteiger charge is -2.25. The van der Waals surface area contributed by atoms with Crippen LogP contribution in [0, 0.1) is 5.92 Å². The molecule has 3 aromatic rings. The second-order valence-electron chi connectivity index (χ2n) is 7.62. The lowest BCUT2D eigenvalue weighted by molar-refractivity contribution is -0.132. The Hall–Kier alpha value is -3.24. The Balaban J connectivity index is 1.49. The highest BCUT2D eigenvalue weighted by atomic mass is 16.5. The van der Waals surface area contributed by atoms with E-state index in [-0.39, 0.29) is 17.7 Å². The Morgan fingerprint density at radius 2 is 1.40 bits per heavy atom. The predicted octanol–water partition coefficient (Wildman–Crippen LogP) is 4.50. The molecule has 4 nitrogen and oxygen atoms in total. The summed E-state index contributed by atoms with van der Waals surface area (Å²) < 4.78 is 5.95. The van der Waals surface area contributed by atoms with Gasteiger partial charge >= 0.3 is 0 Å². The maximum atomic E-state index is 13.2. The summed E-state index contributed by atoms with van der Waals surface area (Å²) in [6.45, 7) is 1.38. The fourth-order valence-electron chi connectivity index (χ4n) is 3.94. The molecule has 1 heterocycles. The maximum absolute atomic E-state index is 13.2. The highest BCUT2D eigenvalue weighted by Crippen LogP contribution is 2.30. The summed E-state index contributed by atoms with van der Waals surface area (Å²) in [6, 6.07) is 28.8. The number of carbonyl (C=O) groups excluding carboxylic acids is 2. The molecule has 2 atom stereocenters. The van der Waals surface area contributed by atoms with Gasteiger partial charge in [-0.05, 0) is 17.5 Å². The van der Waals surface area contributed by atoms with Crippen LogP contribution in [0.25, 0.3) is 0 Å². The Kier molecular flexibility index (Phi) is 6.35. The molecule has 4 rings (SSSR count). The SMILES string of the molecule is O=C(c1ccccc1)C1C[C@@H](COCc2ccccc2)N(Cc2ccccc2)C1=O. The Labute approximate surface area is 177 Å². The van der Waals surface area contributed by atoms with Gasteiger partial charge in [0, 0.05) is 12.1 Å². The standard InChI is InChI=1S/C26H25NO3/c28-25(22-14-8-3-9-15-22)24-16-23(19-30-18-21-12-6-2-7-13-21)27(26(24)29)17-20-10-4-1-5-11-20/h1-15,23-24H,16-19H2/t23-,24?/m0/s1. The van der Waals surface area contributed by atoms with E-state index in [1.165, 1.54) is 0 Å². The molecule has 1 unspecified atom stereocenters. The van der Waals surface area contributed by atoms with Crippen LogP contribution >= 0.6 is 0 Å². The molecule has 1 saturated heterocycles. The minimum Gasteiger partial charge on any atom is -0.375 e. The van der Waals surface area contributed by atoms with Gasteiger partial charge in [-0.25, -0.2) is 0 Å². The molecule has 0 aliphatic carbocycles. The van der Waals surface area contributed by atoms with E-state index >= 15 is 0 Å². The summed E-state index contributed by atoms with van der Waals surface area (Å²) in [5, 5.41) is 0. The number of likely N-dealkylation sites (tertiary alicyclic amines) is 1. The van der Waals surface area contributed by atoms with Gasteiger partial charge in [0.2, 0.25) is 5.91 Å². The van der Waals surface area contributed by atoms with Crippen LogP contribution in [-0.2, 0) is 22.7 Å². The van der Waals surface area contributed by atoms with Crippen molar-refractivity contribution in [3.8, 4) is 0 Å². The number of ether oxygens (including phenoxy) is 1. The maximum Gasteiger partial charge on any atom is 0.234 e. The third-order valence-electron chi connectivity index (χ3n) is 5.52. The molecule has 0 N–H and O–H groups in total. The van der Waals surface area contributed by atoms with Gasteiger partial charge in [0.05, 0.1) is 19.3 Å². The lowest BCUT2D eigenvalue weighted by Crippen LogP contribution is -2.36. The van der Waals surface area contributed by atoms with Crippen molar-refractivity contribution in [2.75, 3.05) is 6.61 Å². The third kappa shape index (κ3) is 4.66. The zero-order valence-corrected chi connectivity index (χ0v) is 16.8. The molecule has 3 aromatic carbocycles. The summed E-state index contributed by atoms with van der Waals surface area (Å²) in [6.07, 6.45) is 0.480. The first-order valence-corrected chi connectivity index (χ1v) is 10.3. The van der Waals surface area contributed by atoms with E-state index in [4.69, 9.17) is 4.74 Å². The molecule has 0 saturated carbocycles. The summed E-state index contributed by atoms with van der Waals surface area (Å²) in [7, 11) is 0. The first-order chi connectivity index (χ1) is 14.7. The second-order valence-corrected chi connectivity index (χ2v) is 7.62. The highest BCUT2D eigenvalue weighted by molar-refractivity contribution is 6.11. The number of nitrogens with zero attached hydrogens (tertiary/aromatic N) is 1. The molecule has 1 amide bonds. The molecule has 30 heavy (non-hydrogen) atoms. The van der Waals surface area contributed by atoms with Crippen molar-refractivity contribution in [3.05, 3.63) is 108 Å². The number of ketones is 1. The summed E-state index contributed by atoms with van der Waals surface area (Å²) >= 11 is 0. The monoisotopic (exact) mass is 399 g/mol. The molecule has 0 bridgehead atoms. The van der Waals surface area contributed by atoms with Crippen LogP contribution in [0.5, 0.6) is 0 Å². The van der Waals surface area contributed by atoms with Crippen molar-refractivity contribution in [1.29, 1.82) is 0 Å². The van der Waals surface area contributed by atoms with Crippen LogP contribution in [0.1, 0.15) is 27.9 Å². The molecule has 152 valence electrons. The second kappa shape index (κ2) is 9.51. The molecule has 1 aliphatic heterocycles. The molecular formula is C26H25NO3. The molecular weight excluding hydrogens is 374 g/mol. The first-order valence-electron chi connectivity index (χ1n) is 10.3. The van der Waals surface area contributed by atoms with Crippen LogP contribution in [0.3, 0.4) is 0 Å². The van der Waals surface area contributed by atoms with Gasteiger partial charge in [0.1, 0.15) is 5.92 Å². The summed E-state index contributed by atoms with van der Waals surface area (Å²) in [5.74, 6) is -0.869. The smallest absolute Gasteiger partial charge is 0.234 e. The van der Waals surface area contributed by atoms with Gasteiger partial charge in [-0.15, -0.1) is 0 Å². The Morgan fingerprint density at radius 3 is 2.03 bits per heavy atom. The average Bonchev–Trinajstić information content (AvgIpc) is 3.10. The Morgan fingerprint density at radius 1 is 0.833 bits per heavy atom. The largest absolute Gasteiger partial charge is 0.375 e. The Bertz CT molecular complexity index is 973. The van der Waals surface area contributed by atoms with Crippen molar-refractivity contribution in [2.45, 2.75) is 25.6 Å². The topological polar surface area (TPSA) is 46.6 Å². The van der Waals surface area contributed by atoms with Gasteiger partial charge in [0.25, 0.3) is 0 Å². The summed E-state index contributed by atoms with van der Waals surface area (Å²) in [5.41, 5.74) is 2.72. The van der Waals surface area contributed by atoms with Gasteiger partial charge in [-0.1, -0.05) is 91.0 Å². The van der Waals surface area contributed by atoms with Crippen LogP contribution in [0.2, 0.25) is 0 Å². The number of hydrogen-bond acceptors (Lipinski definition) is 3. The fourth-order valence-corrected chi connectivity index (χ4v) is 3.94. The van der Waals surface area contributed by atoms with Gasteiger partial charge in [-0.2, -0.15) is 0 Å². The van der Waals surface area contributed by atoms with E-state index in [0.717, 1.165) is 11.1 Å². The molecule has 0 radical (unpaired) electrons. The summed E-state index contributed by atoms with van der Waals surface area (Å²) in [4.78, 5) is 28.0. The number of amides is 1. The number of benzene rings is 3. The molecule has 0 aromatic heterocycles. The van der Waals surface area contributed by atoms with Gasteiger partial charge in [-0.3, -0.25) is 9.59 Å². The number of rotatable bonds is 8.